The van der Waals surface area contributed by atoms with Gasteiger partial charge in [0.1, 0.15) is 24.4 Å². The second-order valence-corrected chi connectivity index (χ2v) is 13.5. The maximum atomic E-state index is 13.8. The Morgan fingerprint density at radius 2 is 1.42 bits per heavy atom. The molecule has 0 bridgehead atoms. The number of nitrogens with one attached hydrogen (secondary N) is 3. The summed E-state index contributed by atoms with van der Waals surface area (Å²) in [7, 11) is 1.73. The number of hydrogen-bond acceptors (Lipinski definition) is 5. The standard InChI is InChI=1S/C39H50N4O5/c1-26(2)22-30-25-48-35-19-13-12-18-32(35)37(45)42-33(24-36(44)41-34(23-27(3)4)39(47)43(30)5)38(46)40-21-20-31(28-14-8-6-9-15-28)29-16-10-7-11-17-29/h6-19,26-27,30-31,33-34H,20-25H2,1-5H3,(H,40,46)(H,41,44)(H,42,45)/t30-,33-,34-/m0/s1. The quantitative estimate of drug-likeness (QED) is 0.274. The third-order valence-electron chi connectivity index (χ3n) is 8.69. The van der Waals surface area contributed by atoms with Crippen LogP contribution in [0.1, 0.15) is 80.8 Å². The van der Waals surface area contributed by atoms with Gasteiger partial charge in [-0.2, -0.15) is 0 Å². The van der Waals surface area contributed by atoms with E-state index in [9.17, 15) is 19.2 Å². The molecule has 4 amide bonds. The Bertz CT molecular complexity index is 1470. The van der Waals surface area contributed by atoms with Crippen molar-refractivity contribution in [2.24, 2.45) is 11.8 Å². The van der Waals surface area contributed by atoms with Gasteiger partial charge in [-0.3, -0.25) is 19.2 Å². The molecule has 3 N–H and O–H groups in total. The average molecular weight is 655 g/mol. The summed E-state index contributed by atoms with van der Waals surface area (Å²) >= 11 is 0. The molecule has 0 fully saturated rings. The average Bonchev–Trinajstić information content (AvgIpc) is 3.07. The van der Waals surface area contributed by atoms with E-state index in [0.717, 1.165) is 11.1 Å². The molecule has 0 saturated carbocycles. The van der Waals surface area contributed by atoms with Gasteiger partial charge in [0.05, 0.1) is 18.0 Å². The zero-order valence-electron chi connectivity index (χ0n) is 28.8. The molecule has 0 spiro atoms. The monoisotopic (exact) mass is 654 g/mol. The number of fused-ring (bicyclic) bond motifs is 1. The Morgan fingerprint density at radius 1 is 0.833 bits per heavy atom. The summed E-state index contributed by atoms with van der Waals surface area (Å²) in [6.45, 7) is 8.62. The number of ether oxygens (including phenoxy) is 1. The van der Waals surface area contributed by atoms with Crippen LogP contribution in [0.4, 0.5) is 0 Å². The molecule has 0 saturated heterocycles. The number of carbonyl (C=O) groups excluding carboxylic acids is 4. The van der Waals surface area contributed by atoms with E-state index in [2.05, 4.69) is 54.1 Å². The van der Waals surface area contributed by atoms with Crippen LogP contribution >= 0.6 is 0 Å². The third-order valence-corrected chi connectivity index (χ3v) is 8.69. The van der Waals surface area contributed by atoms with Gasteiger partial charge >= 0.3 is 0 Å². The van der Waals surface area contributed by atoms with E-state index in [1.165, 1.54) is 0 Å². The SMILES string of the molecule is CC(C)C[C@H]1COc2ccccc2C(=O)N[C@H](C(=O)NCCC(c2ccccc2)c2ccccc2)CC(=O)N[C@@H](CC(C)C)C(=O)N1C. The van der Waals surface area contributed by atoms with Gasteiger partial charge in [0.2, 0.25) is 17.7 Å². The van der Waals surface area contributed by atoms with Crippen molar-refractivity contribution in [1.82, 2.24) is 20.9 Å². The number of nitrogens with zero attached hydrogens (tertiary/aromatic N) is 1. The number of hydrogen-bond donors (Lipinski definition) is 3. The molecule has 9 nitrogen and oxygen atoms in total. The van der Waals surface area contributed by atoms with Crippen LogP contribution in [-0.2, 0) is 14.4 Å². The molecule has 0 radical (unpaired) electrons. The van der Waals surface area contributed by atoms with Crippen molar-refractivity contribution in [3.8, 4) is 5.75 Å². The Morgan fingerprint density at radius 3 is 2.02 bits per heavy atom. The third kappa shape index (κ3) is 10.2. The molecule has 0 unspecified atom stereocenters. The van der Waals surface area contributed by atoms with Gasteiger partial charge in [-0.25, -0.2) is 0 Å². The molecule has 0 aliphatic carbocycles. The molecular weight excluding hydrogens is 604 g/mol. The van der Waals surface area contributed by atoms with Gasteiger partial charge in [-0.1, -0.05) is 100 Å². The molecule has 1 aliphatic rings. The lowest BCUT2D eigenvalue weighted by atomic mass is 9.88. The summed E-state index contributed by atoms with van der Waals surface area (Å²) in [4.78, 5) is 56.4. The zero-order chi connectivity index (χ0) is 34.6. The molecular formula is C39H50N4O5. The van der Waals surface area contributed by atoms with Crippen LogP contribution in [0, 0.1) is 11.8 Å². The topological polar surface area (TPSA) is 117 Å². The van der Waals surface area contributed by atoms with Gasteiger partial charge in [0.25, 0.3) is 5.91 Å². The van der Waals surface area contributed by atoms with Crippen LogP contribution in [0.3, 0.4) is 0 Å². The normalized spacial score (nSPS) is 19.3. The van der Waals surface area contributed by atoms with Gasteiger partial charge < -0.3 is 25.6 Å². The summed E-state index contributed by atoms with van der Waals surface area (Å²) in [5, 5.41) is 8.65. The first-order chi connectivity index (χ1) is 23.0. The van der Waals surface area contributed by atoms with Crippen LogP contribution in [0.2, 0.25) is 0 Å². The summed E-state index contributed by atoms with van der Waals surface area (Å²) in [6, 6.07) is 24.8. The van der Waals surface area contributed by atoms with Crippen LogP contribution in [0.5, 0.6) is 5.75 Å². The molecule has 3 atom stereocenters. The largest absolute Gasteiger partial charge is 0.491 e. The Hall–Kier alpha value is -4.66. The van der Waals surface area contributed by atoms with Gasteiger partial charge in [0.15, 0.2) is 0 Å². The van der Waals surface area contributed by atoms with Crippen LogP contribution in [0.15, 0.2) is 84.9 Å². The van der Waals surface area contributed by atoms with E-state index in [0.29, 0.717) is 31.6 Å². The minimum absolute atomic E-state index is 0.0397. The van der Waals surface area contributed by atoms with Crippen molar-refractivity contribution in [2.45, 2.75) is 77.4 Å². The van der Waals surface area contributed by atoms with E-state index in [1.54, 1.807) is 36.2 Å². The maximum absolute atomic E-state index is 13.8. The smallest absolute Gasteiger partial charge is 0.255 e. The van der Waals surface area contributed by atoms with E-state index < -0.39 is 29.8 Å². The fourth-order valence-electron chi connectivity index (χ4n) is 6.21. The maximum Gasteiger partial charge on any atom is 0.255 e. The predicted octanol–water partition coefficient (Wildman–Crippen LogP) is 5.31. The first-order valence-electron chi connectivity index (χ1n) is 17.0. The Balaban J connectivity index is 1.58. The lowest BCUT2D eigenvalue weighted by Gasteiger charge is -2.33. The zero-order valence-corrected chi connectivity index (χ0v) is 28.8. The number of amides is 4. The lowest BCUT2D eigenvalue weighted by molar-refractivity contribution is -0.138. The van der Waals surface area contributed by atoms with Crippen molar-refractivity contribution in [2.75, 3.05) is 20.2 Å². The highest BCUT2D eigenvalue weighted by Crippen LogP contribution is 2.27. The van der Waals surface area contributed by atoms with Crippen molar-refractivity contribution in [1.29, 1.82) is 0 Å². The first kappa shape index (κ1) is 36.2. The second-order valence-electron chi connectivity index (χ2n) is 13.5. The Labute approximate surface area is 284 Å². The van der Waals surface area contributed by atoms with Crippen molar-refractivity contribution >= 4 is 23.6 Å². The van der Waals surface area contributed by atoms with Gasteiger partial charge in [-0.15, -0.1) is 0 Å². The van der Waals surface area contributed by atoms with Crippen LogP contribution in [-0.4, -0.2) is 66.9 Å². The molecule has 3 aromatic carbocycles. The summed E-state index contributed by atoms with van der Waals surface area (Å²) in [6.07, 6.45) is 1.38. The van der Waals surface area contributed by atoms with Gasteiger partial charge in [-0.05, 0) is 54.4 Å². The summed E-state index contributed by atoms with van der Waals surface area (Å²) in [5.74, 6) is -0.921. The minimum atomic E-state index is -1.18. The predicted molar refractivity (Wildman–Crippen MR) is 188 cm³/mol. The highest BCUT2D eigenvalue weighted by Gasteiger charge is 2.33. The van der Waals surface area contributed by atoms with Crippen molar-refractivity contribution in [3.63, 3.8) is 0 Å². The fraction of sp³-hybridized carbons (Fsp3) is 0.436. The van der Waals surface area contributed by atoms with Crippen molar-refractivity contribution in [3.05, 3.63) is 102 Å². The van der Waals surface area contributed by atoms with E-state index in [-0.39, 0.29) is 48.3 Å². The summed E-state index contributed by atoms with van der Waals surface area (Å²) < 4.78 is 6.20. The van der Waals surface area contributed by atoms with Crippen LogP contribution in [0.25, 0.3) is 0 Å². The number of carbonyl (C=O) groups is 4. The first-order valence-corrected chi connectivity index (χ1v) is 17.0. The molecule has 48 heavy (non-hydrogen) atoms. The molecule has 3 aromatic rings. The molecule has 1 aliphatic heterocycles. The number of para-hydroxylation sites is 1. The Kier molecular flexibility index (Phi) is 13.2. The molecule has 4 rings (SSSR count). The molecule has 256 valence electrons. The van der Waals surface area contributed by atoms with Gasteiger partial charge in [0, 0.05) is 19.5 Å². The number of benzene rings is 3. The van der Waals surface area contributed by atoms with Crippen molar-refractivity contribution < 1.29 is 23.9 Å². The van der Waals surface area contributed by atoms with E-state index in [1.807, 2.05) is 50.2 Å². The summed E-state index contributed by atoms with van der Waals surface area (Å²) in [5.41, 5.74) is 2.50. The highest BCUT2D eigenvalue weighted by atomic mass is 16.5. The lowest BCUT2D eigenvalue weighted by Crippen LogP contribution is -2.54. The fourth-order valence-corrected chi connectivity index (χ4v) is 6.21. The molecule has 0 aromatic heterocycles. The second kappa shape index (κ2) is 17.5. The number of likely N-dealkylation sites (N-methyl/N-ethyl adjacent to an activating group) is 1. The number of rotatable bonds is 10. The van der Waals surface area contributed by atoms with E-state index >= 15 is 0 Å². The van der Waals surface area contributed by atoms with Crippen LogP contribution < -0.4 is 20.7 Å². The van der Waals surface area contributed by atoms with E-state index in [4.69, 9.17) is 4.74 Å². The highest BCUT2D eigenvalue weighted by molar-refractivity contribution is 6.01. The minimum Gasteiger partial charge on any atom is -0.491 e. The molecule has 9 heteroatoms. The molecule has 1 heterocycles.